The molecule has 1 aromatic rings. The quantitative estimate of drug-likeness (QED) is 0.754. The number of nitrogens with one attached hydrogen (secondary N) is 2. The monoisotopic (exact) mass is 296 g/mol. The van der Waals surface area contributed by atoms with Gasteiger partial charge >= 0.3 is 6.03 Å². The van der Waals surface area contributed by atoms with E-state index in [0.29, 0.717) is 24.7 Å². The molecule has 0 radical (unpaired) electrons. The summed E-state index contributed by atoms with van der Waals surface area (Å²) in [5.41, 5.74) is 0.374. The molecule has 0 spiro atoms. The minimum atomic E-state index is -0.545. The maximum absolute atomic E-state index is 11.9. The van der Waals surface area contributed by atoms with Gasteiger partial charge < -0.3 is 24.8 Å². The topological polar surface area (TPSA) is 68.8 Å². The van der Waals surface area contributed by atoms with E-state index in [-0.39, 0.29) is 6.03 Å². The lowest BCUT2D eigenvalue weighted by atomic mass is 9.94. The van der Waals surface area contributed by atoms with Gasteiger partial charge in [0.25, 0.3) is 0 Å². The van der Waals surface area contributed by atoms with Crippen molar-refractivity contribution in [3.63, 3.8) is 0 Å². The molecule has 0 aliphatic rings. The Morgan fingerprint density at radius 3 is 2.38 bits per heavy atom. The summed E-state index contributed by atoms with van der Waals surface area (Å²) in [5.74, 6) is 1.28. The molecule has 118 valence electrons. The number of ether oxygens (including phenoxy) is 3. The van der Waals surface area contributed by atoms with Crippen LogP contribution in [0.1, 0.15) is 19.4 Å². The van der Waals surface area contributed by atoms with Crippen molar-refractivity contribution in [3.05, 3.63) is 23.8 Å². The largest absolute Gasteiger partial charge is 0.493 e. The van der Waals surface area contributed by atoms with Crippen LogP contribution in [0.15, 0.2) is 18.2 Å². The van der Waals surface area contributed by atoms with Gasteiger partial charge in [-0.15, -0.1) is 0 Å². The molecule has 0 aliphatic carbocycles. The number of amides is 2. The lowest BCUT2D eigenvalue weighted by molar-refractivity contribution is 0.193. The van der Waals surface area contributed by atoms with Crippen molar-refractivity contribution in [2.45, 2.75) is 19.4 Å². The summed E-state index contributed by atoms with van der Waals surface area (Å²) in [6.45, 7) is 4.78. The summed E-state index contributed by atoms with van der Waals surface area (Å²) in [4.78, 5) is 11.9. The van der Waals surface area contributed by atoms with E-state index in [1.165, 1.54) is 0 Å². The lowest BCUT2D eigenvalue weighted by Gasteiger charge is -2.27. The maximum Gasteiger partial charge on any atom is 0.315 e. The molecule has 2 amide bonds. The fourth-order valence-corrected chi connectivity index (χ4v) is 1.89. The fourth-order valence-electron chi connectivity index (χ4n) is 1.89. The number of hydrogen-bond donors (Lipinski definition) is 2. The molecule has 0 atom stereocenters. The van der Waals surface area contributed by atoms with Crippen LogP contribution in [0.3, 0.4) is 0 Å². The molecule has 6 nitrogen and oxygen atoms in total. The van der Waals surface area contributed by atoms with Gasteiger partial charge in [-0.3, -0.25) is 0 Å². The first-order valence-electron chi connectivity index (χ1n) is 6.72. The van der Waals surface area contributed by atoms with E-state index in [2.05, 4.69) is 10.6 Å². The Kier molecular flexibility index (Phi) is 6.30. The molecule has 0 saturated heterocycles. The standard InChI is InChI=1S/C15H24N2O4/c1-15(2,17-14(18)16-8-9-19-3)11-6-7-12(20-4)13(10-11)21-5/h6-7,10H,8-9H2,1-5H3,(H2,16,17,18). The van der Waals surface area contributed by atoms with Gasteiger partial charge in [-0.05, 0) is 31.5 Å². The summed E-state index contributed by atoms with van der Waals surface area (Å²) in [6, 6.07) is 5.33. The predicted molar refractivity (Wildman–Crippen MR) is 81.0 cm³/mol. The van der Waals surface area contributed by atoms with E-state index in [1.807, 2.05) is 32.0 Å². The number of benzene rings is 1. The summed E-state index contributed by atoms with van der Waals surface area (Å²) >= 11 is 0. The van der Waals surface area contributed by atoms with Gasteiger partial charge in [0.1, 0.15) is 0 Å². The minimum absolute atomic E-state index is 0.244. The van der Waals surface area contributed by atoms with Crippen molar-refractivity contribution >= 4 is 6.03 Å². The molecule has 0 aliphatic heterocycles. The van der Waals surface area contributed by atoms with Gasteiger partial charge in [-0.1, -0.05) is 6.07 Å². The highest BCUT2D eigenvalue weighted by molar-refractivity contribution is 5.75. The van der Waals surface area contributed by atoms with Crippen LogP contribution in [-0.4, -0.2) is 40.5 Å². The SMILES string of the molecule is COCCNC(=O)NC(C)(C)c1ccc(OC)c(OC)c1. The second-order valence-electron chi connectivity index (χ2n) is 5.07. The zero-order valence-electron chi connectivity index (χ0n) is 13.3. The second kappa shape index (κ2) is 7.73. The van der Waals surface area contributed by atoms with Crippen molar-refractivity contribution in [2.75, 3.05) is 34.5 Å². The first kappa shape index (κ1) is 17.1. The third kappa shape index (κ3) is 4.82. The van der Waals surface area contributed by atoms with Gasteiger partial charge in [0.15, 0.2) is 11.5 Å². The summed E-state index contributed by atoms with van der Waals surface area (Å²) < 4.78 is 15.4. The van der Waals surface area contributed by atoms with Crippen LogP contribution < -0.4 is 20.1 Å². The van der Waals surface area contributed by atoms with Crippen molar-refractivity contribution in [2.24, 2.45) is 0 Å². The van der Waals surface area contributed by atoms with Gasteiger partial charge in [0.2, 0.25) is 0 Å². The zero-order valence-corrected chi connectivity index (χ0v) is 13.3. The summed E-state index contributed by atoms with van der Waals surface area (Å²) in [5, 5.41) is 5.65. The van der Waals surface area contributed by atoms with Gasteiger partial charge in [-0.2, -0.15) is 0 Å². The van der Waals surface area contributed by atoms with Crippen LogP contribution in [0.4, 0.5) is 4.79 Å². The molecule has 1 aromatic carbocycles. The lowest BCUT2D eigenvalue weighted by Crippen LogP contribution is -2.47. The predicted octanol–water partition coefficient (Wildman–Crippen LogP) is 1.88. The smallest absolute Gasteiger partial charge is 0.315 e. The summed E-state index contributed by atoms with van der Waals surface area (Å²) in [6.07, 6.45) is 0. The van der Waals surface area contributed by atoms with E-state index in [4.69, 9.17) is 14.2 Å². The van der Waals surface area contributed by atoms with E-state index in [9.17, 15) is 4.79 Å². The number of methoxy groups -OCH3 is 3. The second-order valence-corrected chi connectivity index (χ2v) is 5.07. The Hall–Kier alpha value is -1.95. The molecule has 0 fully saturated rings. The number of urea groups is 1. The molecule has 0 heterocycles. The highest BCUT2D eigenvalue weighted by Gasteiger charge is 2.24. The van der Waals surface area contributed by atoms with Gasteiger partial charge in [-0.25, -0.2) is 4.79 Å². The fraction of sp³-hybridized carbons (Fsp3) is 0.533. The molecule has 0 saturated carbocycles. The number of carbonyl (C=O) groups excluding carboxylic acids is 1. The Bertz CT molecular complexity index is 475. The van der Waals surface area contributed by atoms with Crippen LogP contribution in [-0.2, 0) is 10.3 Å². The highest BCUT2D eigenvalue weighted by atomic mass is 16.5. The Labute approximate surface area is 125 Å². The summed E-state index contributed by atoms with van der Waals surface area (Å²) in [7, 11) is 4.76. The molecule has 2 N–H and O–H groups in total. The number of carbonyl (C=O) groups is 1. The van der Waals surface area contributed by atoms with Crippen molar-refractivity contribution in [3.8, 4) is 11.5 Å². The normalized spacial score (nSPS) is 10.9. The highest BCUT2D eigenvalue weighted by Crippen LogP contribution is 2.31. The number of hydrogen-bond acceptors (Lipinski definition) is 4. The molecular formula is C15H24N2O4. The first-order chi connectivity index (χ1) is 9.94. The maximum atomic E-state index is 11.9. The zero-order chi connectivity index (χ0) is 15.9. The Morgan fingerprint density at radius 2 is 1.81 bits per heavy atom. The average Bonchev–Trinajstić information content (AvgIpc) is 2.46. The van der Waals surface area contributed by atoms with Crippen LogP contribution in [0.2, 0.25) is 0 Å². The molecule has 0 unspecified atom stereocenters. The van der Waals surface area contributed by atoms with Crippen LogP contribution in [0.5, 0.6) is 11.5 Å². The Morgan fingerprint density at radius 1 is 1.14 bits per heavy atom. The molecule has 6 heteroatoms. The minimum Gasteiger partial charge on any atom is -0.493 e. The van der Waals surface area contributed by atoms with Crippen LogP contribution in [0, 0.1) is 0 Å². The van der Waals surface area contributed by atoms with Crippen molar-refractivity contribution in [1.29, 1.82) is 0 Å². The van der Waals surface area contributed by atoms with Crippen molar-refractivity contribution in [1.82, 2.24) is 10.6 Å². The van der Waals surface area contributed by atoms with E-state index >= 15 is 0 Å². The van der Waals surface area contributed by atoms with Gasteiger partial charge in [0.05, 0.1) is 26.4 Å². The molecule has 0 bridgehead atoms. The van der Waals surface area contributed by atoms with Gasteiger partial charge in [0, 0.05) is 13.7 Å². The Balaban J connectivity index is 2.79. The molecular weight excluding hydrogens is 272 g/mol. The first-order valence-corrected chi connectivity index (χ1v) is 6.72. The third-order valence-corrected chi connectivity index (χ3v) is 3.12. The van der Waals surface area contributed by atoms with Crippen LogP contribution in [0.25, 0.3) is 0 Å². The molecule has 21 heavy (non-hydrogen) atoms. The third-order valence-electron chi connectivity index (χ3n) is 3.12. The van der Waals surface area contributed by atoms with E-state index < -0.39 is 5.54 Å². The van der Waals surface area contributed by atoms with E-state index in [0.717, 1.165) is 5.56 Å². The molecule has 0 aromatic heterocycles. The number of rotatable bonds is 7. The van der Waals surface area contributed by atoms with Crippen molar-refractivity contribution < 1.29 is 19.0 Å². The van der Waals surface area contributed by atoms with Crippen LogP contribution >= 0.6 is 0 Å². The van der Waals surface area contributed by atoms with E-state index in [1.54, 1.807) is 21.3 Å². The molecule has 1 rings (SSSR count). The average molecular weight is 296 g/mol.